The van der Waals surface area contributed by atoms with E-state index in [-0.39, 0.29) is 5.56 Å². The van der Waals surface area contributed by atoms with Gasteiger partial charge in [0.2, 0.25) is 0 Å². The van der Waals surface area contributed by atoms with Crippen LogP contribution in [0.15, 0.2) is 16.9 Å². The van der Waals surface area contributed by atoms with E-state index in [1.54, 1.807) is 11.7 Å². The topological polar surface area (TPSA) is 31.2 Å². The van der Waals surface area contributed by atoms with Crippen molar-refractivity contribution in [1.82, 2.24) is 4.57 Å². The fraction of sp³-hybridized carbons (Fsp3) is 0.583. The molecule has 3 nitrogen and oxygen atoms in total. The molecule has 0 aromatic carbocycles. The maximum atomic E-state index is 12.1. The summed E-state index contributed by atoms with van der Waals surface area (Å²) in [7, 11) is 1.64. The molecule has 0 atom stereocenters. The Labute approximate surface area is 102 Å². The summed E-state index contributed by atoms with van der Waals surface area (Å²) in [6.45, 7) is 5.32. The number of aromatic nitrogens is 1. The van der Waals surface area contributed by atoms with E-state index < -0.39 is 0 Å². The van der Waals surface area contributed by atoms with E-state index in [1.165, 1.54) is 0 Å². The maximum Gasteiger partial charge on any atom is 0.254 e. The van der Waals surface area contributed by atoms with Gasteiger partial charge in [0.25, 0.3) is 5.56 Å². The summed E-state index contributed by atoms with van der Waals surface area (Å²) >= 11 is 4.16. The lowest BCUT2D eigenvalue weighted by atomic mass is 10.1. The van der Waals surface area contributed by atoms with Gasteiger partial charge in [0.1, 0.15) is 0 Å². The summed E-state index contributed by atoms with van der Waals surface area (Å²) in [6.07, 6.45) is 0. The number of rotatable bonds is 5. The second-order valence-electron chi connectivity index (χ2n) is 4.05. The minimum absolute atomic E-state index is 0.0539. The van der Waals surface area contributed by atoms with Crippen molar-refractivity contribution in [3.05, 3.63) is 33.7 Å². The predicted octanol–water partition coefficient (Wildman–Crippen LogP) is 2.05. The lowest BCUT2D eigenvalue weighted by Gasteiger charge is -2.16. The highest BCUT2D eigenvalue weighted by molar-refractivity contribution is 7.79. The van der Waals surface area contributed by atoms with Gasteiger partial charge in [-0.05, 0) is 12.0 Å². The van der Waals surface area contributed by atoms with Crippen LogP contribution in [0.3, 0.4) is 0 Å². The molecular weight excluding hydrogens is 222 g/mol. The van der Waals surface area contributed by atoms with E-state index in [1.807, 2.05) is 12.1 Å². The highest BCUT2D eigenvalue weighted by Gasteiger charge is 2.10. The summed E-state index contributed by atoms with van der Waals surface area (Å²) in [6, 6.07) is 3.88. The summed E-state index contributed by atoms with van der Waals surface area (Å²) in [4.78, 5) is 12.1. The molecule has 0 saturated heterocycles. The van der Waals surface area contributed by atoms with Crippen LogP contribution >= 0.6 is 12.6 Å². The van der Waals surface area contributed by atoms with E-state index in [4.69, 9.17) is 4.74 Å². The number of hydrogen-bond donors (Lipinski definition) is 1. The fourth-order valence-electron chi connectivity index (χ4n) is 1.68. The molecule has 0 saturated carbocycles. The van der Waals surface area contributed by atoms with E-state index >= 15 is 0 Å². The summed E-state index contributed by atoms with van der Waals surface area (Å²) < 4.78 is 6.82. The van der Waals surface area contributed by atoms with Crippen LogP contribution in [0.25, 0.3) is 0 Å². The van der Waals surface area contributed by atoms with Crippen molar-refractivity contribution in [2.75, 3.05) is 13.7 Å². The normalized spacial score (nSPS) is 11.1. The van der Waals surface area contributed by atoms with Gasteiger partial charge in [0, 0.05) is 30.7 Å². The predicted molar refractivity (Wildman–Crippen MR) is 69.4 cm³/mol. The average molecular weight is 241 g/mol. The first-order valence-corrected chi connectivity index (χ1v) is 6.07. The van der Waals surface area contributed by atoms with Crippen LogP contribution < -0.4 is 5.56 Å². The Kier molecular flexibility index (Phi) is 5.09. The summed E-state index contributed by atoms with van der Waals surface area (Å²) in [5, 5.41) is 0. The Morgan fingerprint density at radius 2 is 2.12 bits per heavy atom. The number of pyridine rings is 1. The van der Waals surface area contributed by atoms with Gasteiger partial charge >= 0.3 is 0 Å². The zero-order valence-electron chi connectivity index (χ0n) is 10.1. The van der Waals surface area contributed by atoms with Gasteiger partial charge < -0.3 is 9.30 Å². The molecular formula is C12H19NO2S. The molecule has 0 aliphatic carbocycles. The third kappa shape index (κ3) is 2.89. The van der Waals surface area contributed by atoms with Crippen molar-refractivity contribution >= 4 is 12.6 Å². The molecule has 1 rings (SSSR count). The van der Waals surface area contributed by atoms with Crippen molar-refractivity contribution in [3.63, 3.8) is 0 Å². The van der Waals surface area contributed by atoms with Crippen LogP contribution in [0.2, 0.25) is 0 Å². The minimum atomic E-state index is 0.0539. The van der Waals surface area contributed by atoms with Gasteiger partial charge in [0.15, 0.2) is 0 Å². The Morgan fingerprint density at radius 1 is 1.44 bits per heavy atom. The molecule has 90 valence electrons. The van der Waals surface area contributed by atoms with Gasteiger partial charge in [-0.1, -0.05) is 19.9 Å². The van der Waals surface area contributed by atoms with Crippen LogP contribution in [-0.4, -0.2) is 18.3 Å². The molecule has 0 aliphatic heterocycles. The van der Waals surface area contributed by atoms with E-state index in [2.05, 4.69) is 26.5 Å². The Hall–Kier alpha value is -0.740. The van der Waals surface area contributed by atoms with Crippen molar-refractivity contribution in [2.24, 2.45) is 0 Å². The molecule has 16 heavy (non-hydrogen) atoms. The van der Waals surface area contributed by atoms with Crippen molar-refractivity contribution in [1.29, 1.82) is 0 Å². The molecule has 0 spiro atoms. The second-order valence-corrected chi connectivity index (χ2v) is 4.36. The van der Waals surface area contributed by atoms with E-state index in [0.717, 1.165) is 11.3 Å². The largest absolute Gasteiger partial charge is 0.383 e. The molecule has 4 heteroatoms. The molecule has 0 aliphatic rings. The number of methoxy groups -OCH3 is 1. The van der Waals surface area contributed by atoms with E-state index in [9.17, 15) is 4.79 Å². The first kappa shape index (κ1) is 13.3. The van der Waals surface area contributed by atoms with Gasteiger partial charge in [-0.15, -0.1) is 0 Å². The molecule has 0 fully saturated rings. The van der Waals surface area contributed by atoms with Gasteiger partial charge in [-0.25, -0.2) is 0 Å². The number of hydrogen-bond acceptors (Lipinski definition) is 3. The smallest absolute Gasteiger partial charge is 0.254 e. The molecule has 1 heterocycles. The minimum Gasteiger partial charge on any atom is -0.383 e. The molecule has 0 radical (unpaired) electrons. The first-order valence-electron chi connectivity index (χ1n) is 5.44. The zero-order valence-corrected chi connectivity index (χ0v) is 11.0. The third-order valence-corrected chi connectivity index (χ3v) is 2.91. The maximum absolute atomic E-state index is 12.1. The van der Waals surface area contributed by atoms with Crippen LogP contribution in [0.4, 0.5) is 0 Å². The molecule has 1 aromatic rings. The number of nitrogens with zero attached hydrogens (tertiary/aromatic N) is 1. The second kappa shape index (κ2) is 6.11. The van der Waals surface area contributed by atoms with Gasteiger partial charge in [-0.2, -0.15) is 12.6 Å². The molecule has 0 amide bonds. The van der Waals surface area contributed by atoms with Crippen LogP contribution in [0.5, 0.6) is 0 Å². The summed E-state index contributed by atoms with van der Waals surface area (Å²) in [5.41, 5.74) is 1.84. The van der Waals surface area contributed by atoms with Crippen molar-refractivity contribution < 1.29 is 4.74 Å². The Balaban J connectivity index is 3.20. The van der Waals surface area contributed by atoms with Crippen molar-refractivity contribution in [3.8, 4) is 0 Å². The van der Waals surface area contributed by atoms with Crippen LogP contribution in [0.1, 0.15) is 31.0 Å². The zero-order chi connectivity index (χ0) is 12.1. The van der Waals surface area contributed by atoms with Crippen LogP contribution in [-0.2, 0) is 17.0 Å². The Bertz CT molecular complexity index is 398. The first-order chi connectivity index (χ1) is 7.61. The summed E-state index contributed by atoms with van der Waals surface area (Å²) in [5.74, 6) is 0.808. The van der Waals surface area contributed by atoms with Crippen molar-refractivity contribution in [2.45, 2.75) is 32.1 Å². The lowest BCUT2D eigenvalue weighted by molar-refractivity contribution is 0.185. The fourth-order valence-corrected chi connectivity index (χ4v) is 1.92. The number of thiol groups is 1. The lowest BCUT2D eigenvalue weighted by Crippen LogP contribution is -2.28. The molecule has 1 aromatic heterocycles. The average Bonchev–Trinajstić information content (AvgIpc) is 2.26. The standard InChI is InChI=1S/C12H19NO2S/c1-9(2)11-5-4-10(8-16)12(14)13(11)6-7-15-3/h4-5,9,16H,6-8H2,1-3H3. The molecule has 0 bridgehead atoms. The van der Waals surface area contributed by atoms with Gasteiger partial charge in [-0.3, -0.25) is 4.79 Å². The SMILES string of the molecule is COCCn1c(C(C)C)ccc(CS)c1=O. The quantitative estimate of drug-likeness (QED) is 0.800. The monoisotopic (exact) mass is 241 g/mol. The molecule has 0 N–H and O–H groups in total. The number of ether oxygens (including phenoxy) is 1. The van der Waals surface area contributed by atoms with Gasteiger partial charge in [0.05, 0.1) is 6.61 Å². The highest BCUT2D eigenvalue weighted by Crippen LogP contribution is 2.13. The third-order valence-electron chi connectivity index (χ3n) is 2.57. The Morgan fingerprint density at radius 3 is 2.62 bits per heavy atom. The van der Waals surface area contributed by atoms with E-state index in [0.29, 0.717) is 24.8 Å². The van der Waals surface area contributed by atoms with Crippen LogP contribution in [0, 0.1) is 0 Å². The molecule has 0 unspecified atom stereocenters. The highest BCUT2D eigenvalue weighted by atomic mass is 32.1.